The summed E-state index contributed by atoms with van der Waals surface area (Å²) in [6, 6.07) is 25.1. The minimum atomic E-state index is -1.00. The second-order valence-corrected chi connectivity index (χ2v) is 10.5. The third-order valence-corrected chi connectivity index (χ3v) is 8.32. The molecule has 0 spiro atoms. The van der Waals surface area contributed by atoms with Crippen LogP contribution in [0.2, 0.25) is 5.02 Å². The lowest BCUT2D eigenvalue weighted by molar-refractivity contribution is -0.133. The van der Waals surface area contributed by atoms with E-state index >= 15 is 0 Å². The van der Waals surface area contributed by atoms with Gasteiger partial charge in [0.15, 0.2) is 5.78 Å². The van der Waals surface area contributed by atoms with E-state index in [1.165, 1.54) is 23.1 Å². The molecule has 34 heavy (non-hydrogen) atoms. The minimum Gasteiger partial charge on any atom is -0.339 e. The number of nitrogens with one attached hydrogen (secondary N) is 1. The zero-order chi connectivity index (χ0) is 23.5. The average Bonchev–Trinajstić information content (AvgIpc) is 3.39. The minimum absolute atomic E-state index is 0.124. The van der Waals surface area contributed by atoms with E-state index in [-0.39, 0.29) is 18.1 Å². The number of benzene rings is 2. The lowest BCUT2D eigenvalue weighted by Crippen LogP contribution is -2.58. The number of aromatic nitrogens is 1. The van der Waals surface area contributed by atoms with Crippen molar-refractivity contribution in [3.63, 3.8) is 0 Å². The smallest absolute Gasteiger partial charge is 0.242 e. The molecule has 1 fully saturated rings. The van der Waals surface area contributed by atoms with Gasteiger partial charge in [-0.05, 0) is 52.2 Å². The summed E-state index contributed by atoms with van der Waals surface area (Å²) in [6.07, 6.45) is 0.792. The summed E-state index contributed by atoms with van der Waals surface area (Å²) in [5, 5.41) is 6.77. The highest BCUT2D eigenvalue weighted by molar-refractivity contribution is 8.01. The number of carbonyl (C=O) groups is 2. The molecule has 1 aliphatic heterocycles. The third-order valence-electron chi connectivity index (χ3n) is 5.87. The van der Waals surface area contributed by atoms with Crippen molar-refractivity contribution in [2.24, 2.45) is 0 Å². The highest BCUT2D eigenvalue weighted by Crippen LogP contribution is 2.41. The molecule has 1 aliphatic rings. The lowest BCUT2D eigenvalue weighted by atomic mass is 9.79. The van der Waals surface area contributed by atoms with Crippen LogP contribution < -0.4 is 5.32 Å². The van der Waals surface area contributed by atoms with Crippen molar-refractivity contribution in [2.75, 3.05) is 0 Å². The Hall–Kier alpha value is -2.93. The number of ketones is 1. The summed E-state index contributed by atoms with van der Waals surface area (Å²) in [5.41, 5.74) is 2.56. The van der Waals surface area contributed by atoms with E-state index in [1.807, 2.05) is 71.4 Å². The van der Waals surface area contributed by atoms with Crippen molar-refractivity contribution in [2.45, 2.75) is 28.5 Å². The van der Waals surface area contributed by atoms with Gasteiger partial charge in [-0.3, -0.25) is 14.6 Å². The zero-order valence-corrected chi connectivity index (χ0v) is 20.5. The Labute approximate surface area is 211 Å². The topological polar surface area (TPSA) is 59.1 Å². The fraction of sp³-hybridized carbons (Fsp3) is 0.148. The van der Waals surface area contributed by atoms with Crippen molar-refractivity contribution in [1.82, 2.24) is 10.3 Å². The summed E-state index contributed by atoms with van der Waals surface area (Å²) in [7, 11) is 0. The Morgan fingerprint density at radius 2 is 1.79 bits per heavy atom. The molecule has 4 nitrogen and oxygen atoms in total. The maximum Gasteiger partial charge on any atom is 0.242 e. The van der Waals surface area contributed by atoms with E-state index in [1.54, 1.807) is 6.07 Å². The molecule has 2 atom stereocenters. The van der Waals surface area contributed by atoms with Gasteiger partial charge in [0.05, 0.1) is 10.7 Å². The molecule has 1 N–H and O–H groups in total. The van der Waals surface area contributed by atoms with E-state index < -0.39 is 10.8 Å². The number of pyridine rings is 1. The molecule has 5 rings (SSSR count). The van der Waals surface area contributed by atoms with Gasteiger partial charge < -0.3 is 5.32 Å². The number of hydrogen-bond donors (Lipinski definition) is 1. The molecule has 0 bridgehead atoms. The van der Waals surface area contributed by atoms with E-state index in [2.05, 4.69) is 17.4 Å². The molecule has 1 amide bonds. The van der Waals surface area contributed by atoms with Crippen LogP contribution >= 0.6 is 34.7 Å². The first-order valence-electron chi connectivity index (χ1n) is 10.8. The van der Waals surface area contributed by atoms with Crippen LogP contribution in [0.25, 0.3) is 0 Å². The number of thiophene rings is 1. The van der Waals surface area contributed by atoms with Gasteiger partial charge in [0, 0.05) is 23.4 Å². The maximum absolute atomic E-state index is 13.4. The molecule has 2 aromatic carbocycles. The van der Waals surface area contributed by atoms with Gasteiger partial charge in [-0.1, -0.05) is 60.1 Å². The second kappa shape index (κ2) is 9.74. The highest BCUT2D eigenvalue weighted by Gasteiger charge is 2.48. The number of piperidine rings is 1. The van der Waals surface area contributed by atoms with Crippen LogP contribution in [-0.2, 0) is 21.5 Å². The zero-order valence-electron chi connectivity index (χ0n) is 18.1. The number of carbonyl (C=O) groups excluding carboxylic acids is 2. The fourth-order valence-corrected chi connectivity index (χ4v) is 6.18. The highest BCUT2D eigenvalue weighted by atomic mass is 35.5. The van der Waals surface area contributed by atoms with Gasteiger partial charge in [-0.2, -0.15) is 11.3 Å². The molecule has 2 aromatic heterocycles. The fourth-order valence-electron chi connectivity index (χ4n) is 4.21. The first-order chi connectivity index (χ1) is 16.5. The number of Topliss-reactive ketones (excluding diaryl/α,β-unsaturated/α-hetero) is 1. The Balaban J connectivity index is 1.49. The molecular weight excluding hydrogens is 484 g/mol. The number of nitrogens with zero attached hydrogens (tertiary/aromatic N) is 1. The van der Waals surface area contributed by atoms with Crippen molar-refractivity contribution >= 4 is 46.4 Å². The van der Waals surface area contributed by atoms with Crippen LogP contribution in [0.3, 0.4) is 0 Å². The van der Waals surface area contributed by atoms with Gasteiger partial charge in [-0.15, -0.1) is 11.8 Å². The predicted molar refractivity (Wildman–Crippen MR) is 137 cm³/mol. The molecule has 1 saturated heterocycles. The summed E-state index contributed by atoms with van der Waals surface area (Å²) in [5.74, 6) is -0.474. The van der Waals surface area contributed by atoms with Crippen molar-refractivity contribution in [3.8, 4) is 0 Å². The Kier molecular flexibility index (Phi) is 6.55. The molecule has 3 heterocycles. The van der Waals surface area contributed by atoms with Crippen LogP contribution in [0.5, 0.6) is 0 Å². The second-order valence-electron chi connectivity index (χ2n) is 8.15. The van der Waals surface area contributed by atoms with E-state index in [0.29, 0.717) is 22.0 Å². The number of thioether (sulfide) groups is 1. The van der Waals surface area contributed by atoms with Crippen molar-refractivity contribution in [3.05, 3.63) is 117 Å². The van der Waals surface area contributed by atoms with Gasteiger partial charge in [-0.25, -0.2) is 0 Å². The number of rotatable bonds is 6. The Morgan fingerprint density at radius 3 is 2.53 bits per heavy atom. The van der Waals surface area contributed by atoms with E-state index in [4.69, 9.17) is 16.6 Å². The summed E-state index contributed by atoms with van der Waals surface area (Å²) in [4.78, 5) is 32.4. The van der Waals surface area contributed by atoms with E-state index in [0.717, 1.165) is 16.8 Å². The summed E-state index contributed by atoms with van der Waals surface area (Å²) < 4.78 is 0. The van der Waals surface area contributed by atoms with Gasteiger partial charge in [0.25, 0.3) is 0 Å². The van der Waals surface area contributed by atoms with Crippen LogP contribution in [-0.4, -0.2) is 21.9 Å². The average molecular weight is 505 g/mol. The van der Waals surface area contributed by atoms with Crippen LogP contribution in [0.1, 0.15) is 28.9 Å². The molecule has 7 heteroatoms. The number of halogens is 1. The van der Waals surface area contributed by atoms with Gasteiger partial charge in [0.2, 0.25) is 5.91 Å². The Bertz CT molecular complexity index is 1310. The third kappa shape index (κ3) is 4.53. The first kappa shape index (κ1) is 22.8. The van der Waals surface area contributed by atoms with Gasteiger partial charge >= 0.3 is 0 Å². The van der Waals surface area contributed by atoms with Crippen LogP contribution in [0.4, 0.5) is 0 Å². The quantitative estimate of drug-likeness (QED) is 0.333. The molecule has 170 valence electrons. The first-order valence-corrected chi connectivity index (χ1v) is 13.0. The normalized spacial score (nSPS) is 20.2. The van der Waals surface area contributed by atoms with Crippen molar-refractivity contribution in [1.29, 1.82) is 0 Å². The summed E-state index contributed by atoms with van der Waals surface area (Å²) >= 11 is 9.01. The summed E-state index contributed by atoms with van der Waals surface area (Å²) in [6.45, 7) is 0. The number of amides is 1. The number of hydrogen-bond acceptors (Lipinski definition) is 5. The van der Waals surface area contributed by atoms with Crippen LogP contribution in [0, 0.1) is 0 Å². The Morgan fingerprint density at radius 1 is 1.00 bits per heavy atom. The molecule has 2 unspecified atom stereocenters. The van der Waals surface area contributed by atoms with Crippen molar-refractivity contribution < 1.29 is 9.59 Å². The maximum atomic E-state index is 13.4. The van der Waals surface area contributed by atoms with Gasteiger partial charge in [0.1, 0.15) is 10.8 Å². The molecular formula is C27H21ClN2O2S2. The van der Waals surface area contributed by atoms with Crippen LogP contribution in [0.15, 0.2) is 94.5 Å². The predicted octanol–water partition coefficient (Wildman–Crippen LogP) is 5.88. The molecule has 0 radical (unpaired) electrons. The molecule has 4 aromatic rings. The van der Waals surface area contributed by atoms with E-state index in [9.17, 15) is 9.59 Å². The molecule has 0 aliphatic carbocycles. The molecule has 0 saturated carbocycles. The SMILES string of the molecule is O=C1CC(c2ccsc2)(c2cccc(Cc3ccccc3)n2)NC(=O)C1Sc1ccccc1Cl. The monoisotopic (exact) mass is 504 g/mol. The largest absolute Gasteiger partial charge is 0.339 e. The lowest BCUT2D eigenvalue weighted by Gasteiger charge is -2.39. The standard InChI is InChI=1S/C27H21ClN2O2S2/c28-21-10-4-5-11-23(21)34-25-22(31)16-27(30-26(25)32,19-13-14-33-17-19)24-12-6-9-20(29-24)15-18-7-2-1-3-8-18/h1-14,17,25H,15-16H2,(H,30,32).